The normalized spacial score (nSPS) is 16.9. The maximum atomic E-state index is 14.3. The van der Waals surface area contributed by atoms with E-state index in [0.29, 0.717) is 60.9 Å². The first kappa shape index (κ1) is 30.2. The number of esters is 1. The van der Waals surface area contributed by atoms with Gasteiger partial charge < -0.3 is 18.8 Å². The van der Waals surface area contributed by atoms with Crippen molar-refractivity contribution in [3.8, 4) is 5.88 Å². The van der Waals surface area contributed by atoms with Crippen molar-refractivity contribution in [3.05, 3.63) is 75.1 Å². The highest BCUT2D eigenvalue weighted by molar-refractivity contribution is 6.30. The van der Waals surface area contributed by atoms with E-state index in [0.717, 1.165) is 18.6 Å². The number of fused-ring (bicyclic) bond motifs is 2. The zero-order valence-corrected chi connectivity index (χ0v) is 24.3. The Labute approximate surface area is 253 Å². The second-order valence-electron chi connectivity index (χ2n) is 10.5. The van der Waals surface area contributed by atoms with Gasteiger partial charge in [-0.2, -0.15) is 13.2 Å². The Kier molecular flexibility index (Phi) is 8.40. The summed E-state index contributed by atoms with van der Waals surface area (Å²) in [7, 11) is 0. The summed E-state index contributed by atoms with van der Waals surface area (Å²) in [4.78, 5) is 23.2. The number of halogens is 5. The maximum absolute atomic E-state index is 14.3. The predicted molar refractivity (Wildman–Crippen MR) is 148 cm³/mol. The third kappa shape index (κ3) is 6.33. The van der Waals surface area contributed by atoms with Crippen molar-refractivity contribution < 1.29 is 36.6 Å². The van der Waals surface area contributed by atoms with Gasteiger partial charge >= 0.3 is 12.1 Å². The molecule has 1 fully saturated rings. The molecular weight excluding hydrogens is 608 g/mol. The molecule has 0 spiro atoms. The topological polar surface area (TPSA) is 104 Å². The van der Waals surface area contributed by atoms with Gasteiger partial charge in [0.1, 0.15) is 29.3 Å². The molecule has 15 heteroatoms. The van der Waals surface area contributed by atoms with Crippen LogP contribution in [0.1, 0.15) is 52.0 Å². The van der Waals surface area contributed by atoms with Crippen LogP contribution in [0.4, 0.5) is 17.6 Å². The quantitative estimate of drug-likeness (QED) is 0.183. The molecule has 44 heavy (non-hydrogen) atoms. The van der Waals surface area contributed by atoms with Crippen LogP contribution in [0.2, 0.25) is 5.02 Å². The van der Waals surface area contributed by atoms with Crippen molar-refractivity contribution in [2.45, 2.75) is 58.3 Å². The van der Waals surface area contributed by atoms with Gasteiger partial charge in [0.15, 0.2) is 11.3 Å². The zero-order valence-electron chi connectivity index (χ0n) is 23.5. The first-order valence-corrected chi connectivity index (χ1v) is 14.4. The van der Waals surface area contributed by atoms with Gasteiger partial charge in [0.2, 0.25) is 5.88 Å². The predicted octanol–water partition coefficient (Wildman–Crippen LogP) is 5.14. The number of pyridine rings is 1. The van der Waals surface area contributed by atoms with Crippen molar-refractivity contribution in [2.75, 3.05) is 19.8 Å². The molecule has 2 aliphatic rings. The molecule has 6 rings (SSSR count). The van der Waals surface area contributed by atoms with E-state index in [1.54, 1.807) is 6.92 Å². The first-order valence-electron chi connectivity index (χ1n) is 14.0. The van der Waals surface area contributed by atoms with Crippen LogP contribution in [-0.4, -0.2) is 61.5 Å². The molecule has 10 nitrogen and oxygen atoms in total. The first-order chi connectivity index (χ1) is 21.1. The van der Waals surface area contributed by atoms with E-state index in [1.807, 2.05) is 9.47 Å². The number of alkyl halides is 3. The fourth-order valence-corrected chi connectivity index (χ4v) is 5.31. The lowest BCUT2D eigenvalue weighted by molar-refractivity contribution is -0.139. The molecule has 0 amide bonds. The Morgan fingerprint density at radius 2 is 2.00 bits per heavy atom. The summed E-state index contributed by atoms with van der Waals surface area (Å²) < 4.78 is 74.2. The minimum atomic E-state index is -4.72. The maximum Gasteiger partial charge on any atom is 0.421 e. The van der Waals surface area contributed by atoms with E-state index in [9.17, 15) is 22.4 Å². The van der Waals surface area contributed by atoms with Crippen LogP contribution in [-0.2, 0) is 48.3 Å². The van der Waals surface area contributed by atoms with Crippen LogP contribution in [0, 0.1) is 5.82 Å². The summed E-state index contributed by atoms with van der Waals surface area (Å²) in [6.07, 6.45) is -3.55. The second-order valence-corrected chi connectivity index (χ2v) is 10.9. The fraction of sp³-hybridized carbons (Fsp3) is 0.414. The van der Waals surface area contributed by atoms with Crippen LogP contribution >= 0.6 is 11.6 Å². The molecule has 5 heterocycles. The molecule has 0 N–H and O–H groups in total. The summed E-state index contributed by atoms with van der Waals surface area (Å²) in [5.74, 6) is -1.28. The van der Waals surface area contributed by atoms with E-state index in [4.69, 9.17) is 30.8 Å². The van der Waals surface area contributed by atoms with Gasteiger partial charge in [-0.25, -0.2) is 19.2 Å². The molecule has 4 aromatic rings. The lowest BCUT2D eigenvalue weighted by Crippen LogP contribution is -2.34. The number of rotatable bonds is 9. The summed E-state index contributed by atoms with van der Waals surface area (Å²) >= 11 is 5.78. The van der Waals surface area contributed by atoms with Crippen LogP contribution in [0.25, 0.3) is 11.2 Å². The van der Waals surface area contributed by atoms with E-state index in [2.05, 4.69) is 15.2 Å². The Hall–Kier alpha value is -3.88. The van der Waals surface area contributed by atoms with E-state index in [1.165, 1.54) is 18.2 Å². The molecule has 0 aliphatic carbocycles. The molecular formula is C29H27ClF4N6O4. The van der Waals surface area contributed by atoms with Crippen molar-refractivity contribution in [1.29, 1.82) is 0 Å². The van der Waals surface area contributed by atoms with Gasteiger partial charge in [0.05, 0.1) is 31.5 Å². The summed E-state index contributed by atoms with van der Waals surface area (Å²) in [5, 5.41) is 8.44. The molecule has 232 valence electrons. The summed E-state index contributed by atoms with van der Waals surface area (Å²) in [6.45, 7) is 3.57. The highest BCUT2D eigenvalue weighted by Crippen LogP contribution is 2.38. The number of nitrogens with zero attached hydrogens (tertiary/aromatic N) is 6. The van der Waals surface area contributed by atoms with Crippen molar-refractivity contribution >= 4 is 28.7 Å². The lowest BCUT2D eigenvalue weighted by Gasteiger charge is -2.30. The Balaban J connectivity index is 1.26. The third-order valence-electron chi connectivity index (χ3n) is 7.51. The number of imidazole rings is 1. The van der Waals surface area contributed by atoms with Crippen LogP contribution < -0.4 is 4.74 Å². The van der Waals surface area contributed by atoms with E-state index < -0.39 is 36.0 Å². The Morgan fingerprint density at radius 3 is 2.70 bits per heavy atom. The average Bonchev–Trinajstić information content (AvgIpc) is 3.29. The lowest BCUT2D eigenvalue weighted by atomic mass is 10.0. The average molecular weight is 635 g/mol. The standard InChI is InChI=1S/C29H27ClF4N6O4/c1-2-42-28(41)23-11-22-26(38-37-23)40(12-19-6-8-43-19)25(35-22)14-39-7-5-16-9-20(29(32,33)34)27(36-24(16)13-39)44-15-17-3-4-18(30)10-21(17)31/h3-4,9-11,19H,2,5-8,12-15H2,1H3/t19-/m0/s1. The largest absolute Gasteiger partial charge is 0.472 e. The molecule has 1 saturated heterocycles. The van der Waals surface area contributed by atoms with Crippen molar-refractivity contribution in [3.63, 3.8) is 0 Å². The Morgan fingerprint density at radius 1 is 1.18 bits per heavy atom. The monoisotopic (exact) mass is 634 g/mol. The van der Waals surface area contributed by atoms with Crippen LogP contribution in [0.15, 0.2) is 30.3 Å². The molecule has 1 atom stereocenters. The Bertz CT molecular complexity index is 1710. The number of hydrogen-bond acceptors (Lipinski definition) is 9. The van der Waals surface area contributed by atoms with Crippen LogP contribution in [0.5, 0.6) is 5.88 Å². The molecule has 0 unspecified atom stereocenters. The fourth-order valence-electron chi connectivity index (χ4n) is 5.15. The number of hydrogen-bond donors (Lipinski definition) is 0. The highest BCUT2D eigenvalue weighted by Gasteiger charge is 2.37. The molecule has 0 radical (unpaired) electrons. The van der Waals surface area contributed by atoms with E-state index >= 15 is 0 Å². The van der Waals surface area contributed by atoms with Crippen LogP contribution in [0.3, 0.4) is 0 Å². The highest BCUT2D eigenvalue weighted by atomic mass is 35.5. The van der Waals surface area contributed by atoms with Gasteiger partial charge in [-0.1, -0.05) is 17.7 Å². The number of carbonyl (C=O) groups is 1. The minimum absolute atomic E-state index is 0.0209. The van der Waals surface area contributed by atoms with Gasteiger partial charge in [-0.05, 0) is 43.5 Å². The number of carbonyl (C=O) groups excluding carboxylic acids is 1. The van der Waals surface area contributed by atoms with Gasteiger partial charge in [-0.15, -0.1) is 10.2 Å². The van der Waals surface area contributed by atoms with Gasteiger partial charge in [0.25, 0.3) is 0 Å². The smallest absolute Gasteiger partial charge is 0.421 e. The SMILES string of the molecule is CCOC(=O)c1cc2nc(CN3CCc4cc(C(F)(F)F)c(OCc5ccc(Cl)cc5F)nc4C3)n(C[C@@H]3CCO3)c2nn1. The molecule has 2 aliphatic heterocycles. The van der Waals surface area contributed by atoms with Crippen molar-refractivity contribution in [1.82, 2.24) is 29.6 Å². The summed E-state index contributed by atoms with van der Waals surface area (Å²) in [5.41, 5.74) is 0.902. The van der Waals surface area contributed by atoms with Gasteiger partial charge in [0, 0.05) is 36.3 Å². The molecule has 0 bridgehead atoms. The minimum Gasteiger partial charge on any atom is -0.472 e. The zero-order chi connectivity index (χ0) is 31.0. The third-order valence-corrected chi connectivity index (χ3v) is 7.75. The van der Waals surface area contributed by atoms with Crippen molar-refractivity contribution in [2.24, 2.45) is 0 Å². The number of ether oxygens (including phenoxy) is 3. The molecule has 1 aromatic carbocycles. The number of benzene rings is 1. The second kappa shape index (κ2) is 12.3. The molecule has 0 saturated carbocycles. The van der Waals surface area contributed by atoms with E-state index in [-0.39, 0.29) is 35.5 Å². The molecule has 3 aromatic heterocycles. The van der Waals surface area contributed by atoms with Gasteiger partial charge in [-0.3, -0.25) is 4.90 Å². The summed E-state index contributed by atoms with van der Waals surface area (Å²) in [6, 6.07) is 6.44. The number of aromatic nitrogens is 5.